The summed E-state index contributed by atoms with van der Waals surface area (Å²) in [7, 11) is 0. The van der Waals surface area contributed by atoms with Crippen molar-refractivity contribution in [2.24, 2.45) is 23.5 Å². The van der Waals surface area contributed by atoms with Crippen LogP contribution in [0.25, 0.3) is 0 Å². The first-order valence-electron chi connectivity index (χ1n) is 12.7. The monoisotopic (exact) mass is 539 g/mol. The van der Waals surface area contributed by atoms with Crippen molar-refractivity contribution in [1.82, 2.24) is 0 Å². The van der Waals surface area contributed by atoms with Crippen LogP contribution in [-0.2, 0) is 23.8 Å². The van der Waals surface area contributed by atoms with E-state index in [9.17, 15) is 24.3 Å². The second-order valence-electron chi connectivity index (χ2n) is 9.95. The maximum absolute atomic E-state index is 12.5. The number of carbonyl (C=O) groups excluding carboxylic acids is 3. The Morgan fingerprint density at radius 1 is 0.842 bits per heavy atom. The Balaban J connectivity index is 3.41. The van der Waals surface area contributed by atoms with Gasteiger partial charge in [-0.15, -0.1) is 0 Å². The molecule has 1 aromatic carbocycles. The van der Waals surface area contributed by atoms with E-state index in [4.69, 9.17) is 29.4 Å². The quantitative estimate of drug-likeness (QED) is 0.199. The third kappa shape index (κ3) is 10.2. The lowest BCUT2D eigenvalue weighted by atomic mass is 9.82. The zero-order valence-corrected chi connectivity index (χ0v) is 23.4. The molecule has 3 N–H and O–H groups in total. The van der Waals surface area contributed by atoms with Gasteiger partial charge in [0.25, 0.3) is 0 Å². The van der Waals surface area contributed by atoms with Crippen LogP contribution in [0.1, 0.15) is 73.3 Å². The number of hydrogen-bond acceptors (Lipinski definition) is 10. The molecule has 0 aliphatic carbocycles. The molecule has 0 saturated carbocycles. The number of benzene rings is 1. The minimum atomic E-state index is -1.38. The molecule has 4 unspecified atom stereocenters. The molecule has 11 nitrogen and oxygen atoms in total. The van der Waals surface area contributed by atoms with Gasteiger partial charge in [0.05, 0.1) is 6.61 Å². The summed E-state index contributed by atoms with van der Waals surface area (Å²) in [5.74, 6) is -3.38. The lowest BCUT2D eigenvalue weighted by Crippen LogP contribution is -2.40. The summed E-state index contributed by atoms with van der Waals surface area (Å²) in [5.41, 5.74) is 6.36. The predicted molar refractivity (Wildman–Crippen MR) is 138 cm³/mol. The van der Waals surface area contributed by atoms with Gasteiger partial charge in [-0.3, -0.25) is 9.59 Å². The topological polar surface area (TPSA) is 161 Å². The van der Waals surface area contributed by atoms with Crippen molar-refractivity contribution in [1.29, 1.82) is 0 Å². The largest absolute Gasteiger partial charge is 0.514 e. The van der Waals surface area contributed by atoms with Gasteiger partial charge in [-0.05, 0) is 49.3 Å². The Kier molecular flexibility index (Phi) is 13.0. The number of hydrogen-bond donors (Lipinski definition) is 2. The summed E-state index contributed by atoms with van der Waals surface area (Å²) in [6.45, 7) is 14.1. The summed E-state index contributed by atoms with van der Waals surface area (Å²) < 4.78 is 26.4. The number of carbonyl (C=O) groups is 4. The van der Waals surface area contributed by atoms with E-state index < -0.39 is 54.3 Å². The lowest BCUT2D eigenvalue weighted by Gasteiger charge is -2.28. The molecular weight excluding hydrogens is 498 g/mol. The highest BCUT2D eigenvalue weighted by atomic mass is 16.7. The second-order valence-corrected chi connectivity index (χ2v) is 9.95. The first-order valence-corrected chi connectivity index (χ1v) is 12.7. The maximum atomic E-state index is 12.5. The minimum Gasteiger partial charge on any atom is -0.480 e. The van der Waals surface area contributed by atoms with Gasteiger partial charge in [-0.1, -0.05) is 47.6 Å². The average Bonchev–Trinajstić information content (AvgIpc) is 2.83. The SMILES string of the molecule is CCC(=O)OCC(C)C(c1ccc(OC(=O)OC(C)C(C)C)c(OC(=O)OC(C)C(C)C)c1)[C@H](N)C(=O)O. The molecule has 1 aromatic rings. The van der Waals surface area contributed by atoms with Crippen LogP contribution < -0.4 is 15.2 Å². The Morgan fingerprint density at radius 2 is 1.34 bits per heavy atom. The van der Waals surface area contributed by atoms with Crippen LogP contribution >= 0.6 is 0 Å². The molecule has 214 valence electrons. The van der Waals surface area contributed by atoms with E-state index in [0.717, 1.165) is 0 Å². The maximum Gasteiger partial charge on any atom is 0.514 e. The zero-order chi connectivity index (χ0) is 29.2. The molecule has 5 atom stereocenters. The van der Waals surface area contributed by atoms with Crippen LogP contribution in [-0.4, -0.2) is 54.2 Å². The molecule has 1 rings (SSSR count). The molecule has 0 bridgehead atoms. The van der Waals surface area contributed by atoms with Gasteiger partial charge < -0.3 is 34.5 Å². The number of rotatable bonds is 13. The molecule has 11 heteroatoms. The molecule has 0 amide bonds. The van der Waals surface area contributed by atoms with E-state index >= 15 is 0 Å². The van der Waals surface area contributed by atoms with Crippen molar-refractivity contribution < 1.29 is 48.0 Å². The summed E-state index contributed by atoms with van der Waals surface area (Å²) in [6.07, 6.45) is -2.79. The van der Waals surface area contributed by atoms with Crippen LogP contribution in [0.2, 0.25) is 0 Å². The first-order chi connectivity index (χ1) is 17.7. The molecule has 0 aromatic heterocycles. The Bertz CT molecular complexity index is 961. The smallest absolute Gasteiger partial charge is 0.480 e. The summed E-state index contributed by atoms with van der Waals surface area (Å²) in [6, 6.07) is 2.81. The van der Waals surface area contributed by atoms with Crippen molar-refractivity contribution in [2.45, 2.75) is 86.0 Å². The lowest BCUT2D eigenvalue weighted by molar-refractivity contribution is -0.145. The summed E-state index contributed by atoms with van der Waals surface area (Å²) in [5, 5.41) is 9.63. The van der Waals surface area contributed by atoms with Crippen LogP contribution in [0.3, 0.4) is 0 Å². The third-order valence-corrected chi connectivity index (χ3v) is 6.26. The van der Waals surface area contributed by atoms with Gasteiger partial charge in [0.2, 0.25) is 0 Å². The van der Waals surface area contributed by atoms with E-state index in [0.29, 0.717) is 5.56 Å². The van der Waals surface area contributed by atoms with Crippen LogP contribution in [0.15, 0.2) is 18.2 Å². The predicted octanol–water partition coefficient (Wildman–Crippen LogP) is 4.89. The van der Waals surface area contributed by atoms with Crippen molar-refractivity contribution in [3.8, 4) is 11.5 Å². The van der Waals surface area contributed by atoms with Crippen LogP contribution in [0, 0.1) is 17.8 Å². The summed E-state index contributed by atoms with van der Waals surface area (Å²) in [4.78, 5) is 48.3. The van der Waals surface area contributed by atoms with E-state index in [2.05, 4.69) is 0 Å². The van der Waals surface area contributed by atoms with E-state index in [1.807, 2.05) is 27.7 Å². The number of ether oxygens (including phenoxy) is 5. The number of nitrogens with two attached hydrogens (primary N) is 1. The van der Waals surface area contributed by atoms with Gasteiger partial charge in [0.15, 0.2) is 11.5 Å². The molecule has 0 fully saturated rings. The molecule has 0 spiro atoms. The number of esters is 1. The normalized spacial score (nSPS) is 15.1. The van der Waals surface area contributed by atoms with Gasteiger partial charge >= 0.3 is 24.2 Å². The fourth-order valence-electron chi connectivity index (χ4n) is 3.17. The van der Waals surface area contributed by atoms with Gasteiger partial charge in [-0.2, -0.15) is 0 Å². The average molecular weight is 540 g/mol. The standard InChI is InChI=1S/C27H41NO10/c1-9-22(29)34-13-16(6)23(24(28)25(30)31)19-10-11-20(37-26(32)35-17(7)14(2)3)21(12-19)38-27(33)36-18(8)15(4)5/h10-12,14-18,23-24H,9,13,28H2,1-8H3,(H,30,31)/t16?,17?,18?,23?,24-/m0/s1. The molecule has 0 radical (unpaired) electrons. The highest BCUT2D eigenvalue weighted by Crippen LogP contribution is 2.36. The molecule has 38 heavy (non-hydrogen) atoms. The third-order valence-electron chi connectivity index (χ3n) is 6.26. The van der Waals surface area contributed by atoms with Crippen molar-refractivity contribution in [3.05, 3.63) is 23.8 Å². The van der Waals surface area contributed by atoms with Crippen LogP contribution in [0.5, 0.6) is 11.5 Å². The van der Waals surface area contributed by atoms with Crippen LogP contribution in [0.4, 0.5) is 9.59 Å². The highest BCUT2D eigenvalue weighted by molar-refractivity contribution is 5.75. The Morgan fingerprint density at radius 3 is 1.79 bits per heavy atom. The van der Waals surface area contributed by atoms with E-state index in [1.165, 1.54) is 18.2 Å². The van der Waals surface area contributed by atoms with Crippen molar-refractivity contribution in [3.63, 3.8) is 0 Å². The Labute approximate surface area is 223 Å². The summed E-state index contributed by atoms with van der Waals surface area (Å²) >= 11 is 0. The van der Waals surface area contributed by atoms with E-state index in [1.54, 1.807) is 27.7 Å². The molecule has 0 heterocycles. The fraction of sp³-hybridized carbons (Fsp3) is 0.630. The number of carboxylic acid groups (broad SMARTS) is 1. The van der Waals surface area contributed by atoms with Gasteiger partial charge in [-0.25, -0.2) is 9.59 Å². The van der Waals surface area contributed by atoms with E-state index in [-0.39, 0.29) is 36.4 Å². The molecular formula is C27H41NO10. The molecule has 0 aliphatic rings. The number of aliphatic carboxylic acids is 1. The first kappa shape index (κ1) is 32.7. The molecule has 0 aliphatic heterocycles. The second kappa shape index (κ2) is 15.2. The zero-order valence-electron chi connectivity index (χ0n) is 23.4. The minimum absolute atomic E-state index is 0.0155. The molecule has 0 saturated heterocycles. The fourth-order valence-corrected chi connectivity index (χ4v) is 3.17. The number of carboxylic acids is 1. The van der Waals surface area contributed by atoms with Gasteiger partial charge in [0, 0.05) is 12.3 Å². The Hall–Kier alpha value is -3.34. The van der Waals surface area contributed by atoms with Crippen molar-refractivity contribution in [2.75, 3.05) is 6.61 Å². The van der Waals surface area contributed by atoms with Crippen molar-refractivity contribution >= 4 is 24.2 Å². The van der Waals surface area contributed by atoms with Gasteiger partial charge in [0.1, 0.15) is 18.2 Å². The highest BCUT2D eigenvalue weighted by Gasteiger charge is 2.33.